The van der Waals surface area contributed by atoms with E-state index in [1.165, 1.54) is 6.42 Å². The predicted molar refractivity (Wildman–Crippen MR) is 59.9 cm³/mol. The van der Waals surface area contributed by atoms with E-state index in [2.05, 4.69) is 15.9 Å². The van der Waals surface area contributed by atoms with E-state index in [0.717, 1.165) is 65.4 Å². The van der Waals surface area contributed by atoms with Crippen LogP contribution in [0, 0.1) is 47.3 Å². The molecule has 16 heavy (non-hydrogen) atoms. The molecule has 9 atom stereocenters. The Morgan fingerprint density at radius 2 is 1.62 bits per heavy atom. The normalized spacial score (nSPS) is 74.4. The molecule has 1 spiro atoms. The molecular weight excluding hydrogens is 268 g/mol. The minimum absolute atomic E-state index is 0.101. The van der Waals surface area contributed by atoms with Crippen LogP contribution in [0.4, 0.5) is 0 Å². The van der Waals surface area contributed by atoms with Crippen LogP contribution in [0.3, 0.4) is 0 Å². The second-order valence-corrected chi connectivity index (χ2v) is 7.84. The van der Waals surface area contributed by atoms with E-state index >= 15 is 0 Å². The summed E-state index contributed by atoms with van der Waals surface area (Å²) in [6.07, 6.45) is 1.49. The van der Waals surface area contributed by atoms with Gasteiger partial charge >= 0.3 is 0 Å². The van der Waals surface area contributed by atoms with E-state index in [9.17, 15) is 0 Å². The molecule has 0 radical (unpaired) electrons. The molecule has 0 N–H and O–H groups in total. The average Bonchev–Trinajstić information content (AvgIpc) is 3.01. The third kappa shape index (κ3) is 0.537. The molecule has 1 aliphatic heterocycles. The van der Waals surface area contributed by atoms with Crippen LogP contribution in [0.25, 0.3) is 0 Å². The van der Waals surface area contributed by atoms with Gasteiger partial charge in [0.05, 0.1) is 13.2 Å². The lowest BCUT2D eigenvalue weighted by atomic mass is 9.71. The van der Waals surface area contributed by atoms with Crippen molar-refractivity contribution >= 4 is 15.9 Å². The Labute approximate surface area is 103 Å². The fourth-order valence-electron chi connectivity index (χ4n) is 7.35. The zero-order valence-corrected chi connectivity index (χ0v) is 10.6. The SMILES string of the molecule is Br[C@H]1[C@H]2C3C4C[C@H]5[C@@H]([C@@H]41)[C@@H]2C1(OCCO1)[C@@H]35. The minimum atomic E-state index is -0.101. The molecule has 7 rings (SSSR count). The Morgan fingerprint density at radius 1 is 0.875 bits per heavy atom. The molecule has 2 unspecified atom stereocenters. The molecule has 6 bridgehead atoms. The quantitative estimate of drug-likeness (QED) is 0.632. The number of hydrogen-bond donors (Lipinski definition) is 0. The maximum Gasteiger partial charge on any atom is 0.175 e. The Kier molecular flexibility index (Phi) is 1.15. The first kappa shape index (κ1) is 8.49. The molecule has 3 heteroatoms. The highest BCUT2D eigenvalue weighted by molar-refractivity contribution is 9.09. The molecule has 0 aromatic heterocycles. The molecule has 7 aliphatic rings. The van der Waals surface area contributed by atoms with Gasteiger partial charge in [0.2, 0.25) is 0 Å². The Hall–Kier alpha value is 0.400. The third-order valence-corrected chi connectivity index (χ3v) is 8.25. The largest absolute Gasteiger partial charge is 0.347 e. The minimum Gasteiger partial charge on any atom is -0.347 e. The van der Waals surface area contributed by atoms with Crippen molar-refractivity contribution in [2.75, 3.05) is 13.2 Å². The van der Waals surface area contributed by atoms with Crippen molar-refractivity contribution in [3.63, 3.8) is 0 Å². The summed E-state index contributed by atoms with van der Waals surface area (Å²) < 4.78 is 12.3. The van der Waals surface area contributed by atoms with Crippen molar-refractivity contribution in [3.05, 3.63) is 0 Å². The lowest BCUT2D eigenvalue weighted by Crippen LogP contribution is -2.37. The van der Waals surface area contributed by atoms with E-state index in [4.69, 9.17) is 9.47 Å². The highest BCUT2D eigenvalue weighted by Crippen LogP contribution is 2.87. The van der Waals surface area contributed by atoms with Crippen molar-refractivity contribution in [3.8, 4) is 0 Å². The fraction of sp³-hybridized carbons (Fsp3) is 1.00. The maximum atomic E-state index is 6.17. The van der Waals surface area contributed by atoms with Gasteiger partial charge in [-0.1, -0.05) is 15.9 Å². The number of hydrogen-bond acceptors (Lipinski definition) is 2. The van der Waals surface area contributed by atoms with E-state index in [1.807, 2.05) is 0 Å². The Morgan fingerprint density at radius 3 is 2.38 bits per heavy atom. The molecule has 2 nitrogen and oxygen atoms in total. The molecule has 0 amide bonds. The molecule has 1 saturated heterocycles. The van der Waals surface area contributed by atoms with Gasteiger partial charge in [-0.25, -0.2) is 0 Å². The Bertz CT molecular complexity index is 403. The molecule has 86 valence electrons. The van der Waals surface area contributed by atoms with E-state index in [0.29, 0.717) is 0 Å². The van der Waals surface area contributed by atoms with Gasteiger partial charge in [0.1, 0.15) is 0 Å². The molecule has 6 saturated carbocycles. The summed E-state index contributed by atoms with van der Waals surface area (Å²) in [6.45, 7) is 1.68. The predicted octanol–water partition coefficient (Wildman–Crippen LogP) is 1.88. The summed E-state index contributed by atoms with van der Waals surface area (Å²) in [5.41, 5.74) is 0. The standard InChI is InChI=1S/C13H15BrO2/c14-12-8-4-3-5-7(8)11-9(12)6(4)10(5)13(11)15-1-2-16-13/h4-12H,1-3H2/t4?,5-,6?,7-,8+,9-,10+,11-,12+/m0/s1. The van der Waals surface area contributed by atoms with Crippen LogP contribution in [-0.2, 0) is 9.47 Å². The molecule has 7 fully saturated rings. The highest BCUT2D eigenvalue weighted by Gasteiger charge is 2.88. The Balaban J connectivity index is 1.65. The average molecular weight is 283 g/mol. The van der Waals surface area contributed by atoms with Gasteiger partial charge < -0.3 is 9.47 Å². The van der Waals surface area contributed by atoms with Crippen LogP contribution in [0.5, 0.6) is 0 Å². The molecule has 0 aromatic rings. The molecular formula is C13H15BrO2. The van der Waals surface area contributed by atoms with Gasteiger partial charge in [-0.3, -0.25) is 0 Å². The summed E-state index contributed by atoms with van der Waals surface area (Å²) in [5, 5.41) is 0. The smallest absolute Gasteiger partial charge is 0.175 e. The second kappa shape index (κ2) is 2.17. The first-order valence-electron chi connectivity index (χ1n) is 6.76. The first-order valence-corrected chi connectivity index (χ1v) is 7.68. The molecule has 0 aromatic carbocycles. The van der Waals surface area contributed by atoms with E-state index in [-0.39, 0.29) is 5.79 Å². The van der Waals surface area contributed by atoms with Crippen LogP contribution in [-0.4, -0.2) is 23.8 Å². The van der Waals surface area contributed by atoms with Gasteiger partial charge in [-0.05, 0) is 41.9 Å². The lowest BCUT2D eigenvalue weighted by molar-refractivity contribution is -0.195. The highest BCUT2D eigenvalue weighted by atomic mass is 79.9. The number of ether oxygens (including phenoxy) is 2. The van der Waals surface area contributed by atoms with Crippen LogP contribution in [0.1, 0.15) is 6.42 Å². The summed E-state index contributed by atoms with van der Waals surface area (Å²) in [5.74, 6) is 7.19. The summed E-state index contributed by atoms with van der Waals surface area (Å²) in [6, 6.07) is 0. The van der Waals surface area contributed by atoms with Crippen molar-refractivity contribution in [2.45, 2.75) is 17.0 Å². The molecule has 6 aliphatic carbocycles. The first-order chi connectivity index (χ1) is 7.84. The van der Waals surface area contributed by atoms with Gasteiger partial charge in [-0.15, -0.1) is 0 Å². The number of rotatable bonds is 0. The van der Waals surface area contributed by atoms with Crippen molar-refractivity contribution < 1.29 is 9.47 Å². The van der Waals surface area contributed by atoms with Crippen molar-refractivity contribution in [2.24, 2.45) is 47.3 Å². The zero-order chi connectivity index (χ0) is 10.2. The van der Waals surface area contributed by atoms with Crippen LogP contribution >= 0.6 is 15.9 Å². The van der Waals surface area contributed by atoms with Crippen molar-refractivity contribution in [1.29, 1.82) is 0 Å². The fourth-order valence-corrected chi connectivity index (χ4v) is 8.77. The summed E-state index contributed by atoms with van der Waals surface area (Å²) in [4.78, 5) is 0.791. The van der Waals surface area contributed by atoms with Crippen molar-refractivity contribution in [1.82, 2.24) is 0 Å². The second-order valence-electron chi connectivity index (χ2n) is 6.79. The number of halogens is 1. The summed E-state index contributed by atoms with van der Waals surface area (Å²) in [7, 11) is 0. The molecule has 1 heterocycles. The van der Waals surface area contributed by atoms with E-state index in [1.54, 1.807) is 0 Å². The maximum absolute atomic E-state index is 6.17. The zero-order valence-electron chi connectivity index (χ0n) is 9.01. The topological polar surface area (TPSA) is 18.5 Å². The van der Waals surface area contributed by atoms with Gasteiger partial charge in [0.15, 0.2) is 5.79 Å². The van der Waals surface area contributed by atoms with Crippen LogP contribution < -0.4 is 0 Å². The van der Waals surface area contributed by atoms with Gasteiger partial charge in [0.25, 0.3) is 0 Å². The van der Waals surface area contributed by atoms with Gasteiger partial charge in [-0.2, -0.15) is 0 Å². The third-order valence-electron chi connectivity index (χ3n) is 7.02. The lowest BCUT2D eigenvalue weighted by Gasteiger charge is -2.32. The summed E-state index contributed by atoms with van der Waals surface area (Å²) >= 11 is 4.01. The van der Waals surface area contributed by atoms with Crippen LogP contribution in [0.2, 0.25) is 0 Å². The monoisotopic (exact) mass is 282 g/mol. The number of alkyl halides is 1. The van der Waals surface area contributed by atoms with Gasteiger partial charge in [0, 0.05) is 16.7 Å². The van der Waals surface area contributed by atoms with E-state index < -0.39 is 0 Å². The van der Waals surface area contributed by atoms with Crippen LogP contribution in [0.15, 0.2) is 0 Å².